The molecular formula is C32H44Cl2SiZr. The summed E-state index contributed by atoms with van der Waals surface area (Å²) >= 11 is -0.826. The van der Waals surface area contributed by atoms with Crippen molar-refractivity contribution in [2.24, 2.45) is 0 Å². The molecule has 0 saturated carbocycles. The minimum atomic E-state index is -0.826. The van der Waals surface area contributed by atoms with E-state index < -0.39 is 20.8 Å². The second-order valence-corrected chi connectivity index (χ2v) is 15.0. The van der Waals surface area contributed by atoms with Crippen molar-refractivity contribution in [2.75, 3.05) is 0 Å². The van der Waals surface area contributed by atoms with Crippen LogP contribution in [-0.4, -0.2) is 9.52 Å². The Kier molecular flexibility index (Phi) is 17.2. The van der Waals surface area contributed by atoms with Gasteiger partial charge in [-0.3, -0.25) is 0 Å². The van der Waals surface area contributed by atoms with Gasteiger partial charge in [0.05, 0.1) is 0 Å². The molecule has 0 aliphatic heterocycles. The van der Waals surface area contributed by atoms with Crippen molar-refractivity contribution in [2.45, 2.75) is 93.2 Å². The minimum absolute atomic E-state index is 0.826. The van der Waals surface area contributed by atoms with Crippen LogP contribution in [0.25, 0.3) is 21.5 Å². The molecule has 0 fully saturated rings. The Morgan fingerprint density at radius 3 is 1.31 bits per heavy atom. The van der Waals surface area contributed by atoms with Gasteiger partial charge >= 0.3 is 37.9 Å². The maximum absolute atomic E-state index is 4.93. The molecule has 0 spiro atoms. The molecule has 0 bridgehead atoms. The first-order valence-electron chi connectivity index (χ1n) is 13.3. The zero-order valence-electron chi connectivity index (χ0n) is 23.6. The first-order valence-corrected chi connectivity index (χ1v) is 21.0. The van der Waals surface area contributed by atoms with Crippen molar-refractivity contribution in [3.8, 4) is 0 Å². The van der Waals surface area contributed by atoms with Gasteiger partial charge in [-0.25, -0.2) is 0 Å². The van der Waals surface area contributed by atoms with Gasteiger partial charge in [-0.2, -0.15) is 12.1 Å². The fourth-order valence-corrected chi connectivity index (χ4v) is 5.02. The molecule has 0 aliphatic carbocycles. The summed E-state index contributed by atoms with van der Waals surface area (Å²) in [6.07, 6.45) is 4.84. The van der Waals surface area contributed by atoms with E-state index in [2.05, 4.69) is 104 Å². The van der Waals surface area contributed by atoms with Gasteiger partial charge in [0.2, 0.25) is 0 Å². The molecule has 36 heavy (non-hydrogen) atoms. The molecule has 4 aromatic rings. The first-order chi connectivity index (χ1) is 17.3. The van der Waals surface area contributed by atoms with Crippen LogP contribution in [0.4, 0.5) is 0 Å². The summed E-state index contributed by atoms with van der Waals surface area (Å²) in [7, 11) is 11.1. The normalized spacial score (nSPS) is 10.1. The van der Waals surface area contributed by atoms with E-state index in [9.17, 15) is 0 Å². The van der Waals surface area contributed by atoms with Gasteiger partial charge in [-0.05, 0) is 12.8 Å². The van der Waals surface area contributed by atoms with Crippen molar-refractivity contribution in [3.05, 3.63) is 81.9 Å². The quantitative estimate of drug-likeness (QED) is 0.149. The van der Waals surface area contributed by atoms with Crippen LogP contribution in [0.5, 0.6) is 0 Å². The van der Waals surface area contributed by atoms with Gasteiger partial charge in [0.15, 0.2) is 0 Å². The zero-order chi connectivity index (χ0) is 27.1. The summed E-state index contributed by atoms with van der Waals surface area (Å²) in [6, 6.07) is 21.0. The van der Waals surface area contributed by atoms with Crippen molar-refractivity contribution in [1.82, 2.24) is 0 Å². The van der Waals surface area contributed by atoms with Crippen LogP contribution in [0, 0.1) is 27.7 Å². The number of hydrogen-bond donors (Lipinski definition) is 0. The molecule has 2 radical (unpaired) electrons. The van der Waals surface area contributed by atoms with Gasteiger partial charge in [0, 0.05) is 9.52 Å². The second kappa shape index (κ2) is 18.6. The third-order valence-electron chi connectivity index (χ3n) is 6.22. The Bertz CT molecular complexity index is 1070. The van der Waals surface area contributed by atoms with Gasteiger partial charge in [-0.15, -0.1) is 68.1 Å². The molecule has 0 nitrogen and oxygen atoms in total. The Balaban J connectivity index is 0.000000280. The number of aryl methyl sites for hydroxylation is 6. The standard InChI is InChI=1S/2C14H17.C4H10Si.2ClH.Zr/c2*1-4-5-12-7-6-11(3)13-8-10(2)9-14(12)13;1-3-5-4-2;;;/h2*6-9H,4-5H2,1-3H3;3-4H2,1-2H3;2*1H;/q2*-1;;;;+4/p-2. The van der Waals surface area contributed by atoms with E-state index >= 15 is 0 Å². The van der Waals surface area contributed by atoms with E-state index in [-0.39, 0.29) is 0 Å². The molecule has 0 heterocycles. The van der Waals surface area contributed by atoms with Gasteiger partial charge < -0.3 is 0 Å². The fourth-order valence-electron chi connectivity index (χ4n) is 4.52. The topological polar surface area (TPSA) is 0 Å². The fraction of sp³-hybridized carbons (Fsp3) is 0.438. The molecule has 0 aliphatic rings. The van der Waals surface area contributed by atoms with Crippen molar-refractivity contribution in [3.63, 3.8) is 0 Å². The molecule has 0 aromatic heterocycles. The number of benzene rings is 2. The number of rotatable bonds is 6. The van der Waals surface area contributed by atoms with Crippen LogP contribution in [0.2, 0.25) is 12.1 Å². The van der Waals surface area contributed by atoms with E-state index in [1.807, 2.05) is 0 Å². The molecule has 0 N–H and O–H groups in total. The Labute approximate surface area is 242 Å². The van der Waals surface area contributed by atoms with Crippen LogP contribution in [0.3, 0.4) is 0 Å². The summed E-state index contributed by atoms with van der Waals surface area (Å²) in [5.74, 6) is 0. The van der Waals surface area contributed by atoms with E-state index in [1.54, 1.807) is 0 Å². The maximum atomic E-state index is 4.93. The number of halogens is 2. The van der Waals surface area contributed by atoms with Gasteiger partial charge in [0.1, 0.15) is 0 Å². The second-order valence-electron chi connectivity index (χ2n) is 9.33. The van der Waals surface area contributed by atoms with Gasteiger partial charge in [-0.1, -0.05) is 104 Å². The molecule has 0 atom stereocenters. The van der Waals surface area contributed by atoms with Crippen LogP contribution in [0.1, 0.15) is 73.9 Å². The predicted octanol–water partition coefficient (Wildman–Crippen LogP) is 11.2. The van der Waals surface area contributed by atoms with Gasteiger partial charge in [0.25, 0.3) is 0 Å². The van der Waals surface area contributed by atoms with Crippen LogP contribution in [-0.2, 0) is 33.7 Å². The SMILES string of the molecule is CCCc1ccc(C)c2[cH-]c(C)cc12.CCCc1ccc(C)c2[cH-]c(C)cc12.CC[Si]CC.[Cl][Zr+2][Cl]. The molecular weight excluding hydrogens is 575 g/mol. The third-order valence-corrected chi connectivity index (χ3v) is 7.22. The third kappa shape index (κ3) is 10.6. The molecule has 4 aromatic carbocycles. The molecule has 0 unspecified atom stereocenters. The zero-order valence-corrected chi connectivity index (χ0v) is 28.6. The molecule has 0 saturated heterocycles. The first kappa shape index (κ1) is 33.4. The average Bonchev–Trinajstić information content (AvgIpc) is 3.44. The van der Waals surface area contributed by atoms with E-state index in [4.69, 9.17) is 17.0 Å². The molecule has 194 valence electrons. The Hall–Kier alpha value is -0.660. The Morgan fingerprint density at radius 1 is 0.667 bits per heavy atom. The van der Waals surface area contributed by atoms with Crippen LogP contribution < -0.4 is 0 Å². The molecule has 0 amide bonds. The van der Waals surface area contributed by atoms with Crippen molar-refractivity contribution in [1.29, 1.82) is 0 Å². The summed E-state index contributed by atoms with van der Waals surface area (Å²) in [5.41, 5.74) is 8.56. The van der Waals surface area contributed by atoms with Crippen LogP contribution >= 0.6 is 17.0 Å². The van der Waals surface area contributed by atoms with Crippen molar-refractivity contribution >= 4 is 48.1 Å². The molecule has 4 heteroatoms. The van der Waals surface area contributed by atoms with E-state index in [0.717, 1.165) is 0 Å². The van der Waals surface area contributed by atoms with Crippen LogP contribution in [0.15, 0.2) is 48.5 Å². The van der Waals surface area contributed by atoms with E-state index in [0.29, 0.717) is 0 Å². The predicted molar refractivity (Wildman–Crippen MR) is 164 cm³/mol. The Morgan fingerprint density at radius 2 is 1.03 bits per heavy atom. The average molecular weight is 619 g/mol. The summed E-state index contributed by atoms with van der Waals surface area (Å²) in [4.78, 5) is 0. The van der Waals surface area contributed by atoms with E-state index in [1.165, 1.54) is 102 Å². The summed E-state index contributed by atoms with van der Waals surface area (Å²) in [5, 5.41) is 5.80. The monoisotopic (exact) mass is 616 g/mol. The van der Waals surface area contributed by atoms with Crippen molar-refractivity contribution < 1.29 is 20.8 Å². The number of hydrogen-bond acceptors (Lipinski definition) is 0. The summed E-state index contributed by atoms with van der Waals surface area (Å²) < 4.78 is 0. The number of fused-ring (bicyclic) bond motifs is 2. The summed E-state index contributed by atoms with van der Waals surface area (Å²) in [6.45, 7) is 17.7. The molecule has 4 rings (SSSR count).